The molecule has 0 saturated heterocycles. The first-order chi connectivity index (χ1) is 9.29. The van der Waals surface area contributed by atoms with Crippen molar-refractivity contribution in [1.82, 2.24) is 5.32 Å². The Morgan fingerprint density at radius 2 is 2.16 bits per heavy atom. The zero-order chi connectivity index (χ0) is 13.5. The Morgan fingerprint density at radius 3 is 2.89 bits per heavy atom. The number of nitrogens with one attached hydrogen (secondary N) is 1. The van der Waals surface area contributed by atoms with Crippen LogP contribution in [-0.4, -0.2) is 6.61 Å². The van der Waals surface area contributed by atoms with E-state index in [-0.39, 0.29) is 0 Å². The van der Waals surface area contributed by atoms with Crippen LogP contribution in [0.2, 0.25) is 0 Å². The van der Waals surface area contributed by atoms with Gasteiger partial charge in [0, 0.05) is 28.7 Å². The minimum atomic E-state index is 0.746. The van der Waals surface area contributed by atoms with Crippen molar-refractivity contribution >= 4 is 15.9 Å². The molecule has 0 aliphatic heterocycles. The van der Waals surface area contributed by atoms with Crippen LogP contribution in [0.1, 0.15) is 24.5 Å². The summed E-state index contributed by atoms with van der Waals surface area (Å²) in [5.74, 6) is 0.949. The van der Waals surface area contributed by atoms with Gasteiger partial charge in [0.15, 0.2) is 0 Å². The third-order valence-corrected chi connectivity index (χ3v) is 3.20. The molecule has 0 saturated carbocycles. The van der Waals surface area contributed by atoms with E-state index in [4.69, 9.17) is 9.15 Å². The van der Waals surface area contributed by atoms with Crippen LogP contribution in [0.5, 0.6) is 5.75 Å². The minimum Gasteiger partial charge on any atom is -0.493 e. The van der Waals surface area contributed by atoms with E-state index < -0.39 is 0 Å². The average Bonchev–Trinajstić information content (AvgIpc) is 2.91. The molecule has 4 heteroatoms. The quantitative estimate of drug-likeness (QED) is 0.832. The standard InChI is InChI=1S/C15H18BrNO2/c1-2-6-19-15-4-3-14(16)8-13(15)10-17-9-12-5-7-18-11-12/h3-5,7-8,11,17H,2,6,9-10H2,1H3. The van der Waals surface area contributed by atoms with Crippen LogP contribution in [0.4, 0.5) is 0 Å². The minimum absolute atomic E-state index is 0.746. The Kier molecular flexibility index (Phi) is 5.48. The summed E-state index contributed by atoms with van der Waals surface area (Å²) in [7, 11) is 0. The van der Waals surface area contributed by atoms with Crippen LogP contribution in [0.15, 0.2) is 45.7 Å². The van der Waals surface area contributed by atoms with Gasteiger partial charge in [-0.05, 0) is 30.7 Å². The number of furan rings is 1. The lowest BCUT2D eigenvalue weighted by Crippen LogP contribution is -2.13. The van der Waals surface area contributed by atoms with Crippen molar-refractivity contribution in [3.8, 4) is 5.75 Å². The van der Waals surface area contributed by atoms with Crippen LogP contribution in [0.3, 0.4) is 0 Å². The maximum atomic E-state index is 5.75. The van der Waals surface area contributed by atoms with Crippen LogP contribution >= 0.6 is 15.9 Å². The molecule has 0 radical (unpaired) electrons. The lowest BCUT2D eigenvalue weighted by atomic mass is 10.2. The van der Waals surface area contributed by atoms with Gasteiger partial charge in [-0.3, -0.25) is 0 Å². The van der Waals surface area contributed by atoms with E-state index in [1.54, 1.807) is 12.5 Å². The molecule has 0 aliphatic carbocycles. The number of hydrogen-bond acceptors (Lipinski definition) is 3. The maximum absolute atomic E-state index is 5.75. The summed E-state index contributed by atoms with van der Waals surface area (Å²) in [6, 6.07) is 8.06. The van der Waals surface area contributed by atoms with Crippen LogP contribution in [-0.2, 0) is 13.1 Å². The van der Waals surface area contributed by atoms with Crippen molar-refractivity contribution in [3.05, 3.63) is 52.4 Å². The van der Waals surface area contributed by atoms with Crippen molar-refractivity contribution in [2.75, 3.05) is 6.61 Å². The van der Waals surface area contributed by atoms with Crippen LogP contribution < -0.4 is 10.1 Å². The second-order valence-corrected chi connectivity index (χ2v) is 5.25. The summed E-state index contributed by atoms with van der Waals surface area (Å²) in [5.41, 5.74) is 2.30. The number of benzene rings is 1. The Labute approximate surface area is 122 Å². The predicted octanol–water partition coefficient (Wildman–Crippen LogP) is 4.12. The number of hydrogen-bond donors (Lipinski definition) is 1. The largest absolute Gasteiger partial charge is 0.493 e. The van der Waals surface area contributed by atoms with Gasteiger partial charge in [0.05, 0.1) is 19.1 Å². The molecule has 0 atom stereocenters. The van der Waals surface area contributed by atoms with Gasteiger partial charge in [0.25, 0.3) is 0 Å². The molecule has 0 amide bonds. The highest BCUT2D eigenvalue weighted by Gasteiger charge is 2.04. The van der Waals surface area contributed by atoms with Gasteiger partial charge in [0.2, 0.25) is 0 Å². The smallest absolute Gasteiger partial charge is 0.123 e. The van der Waals surface area contributed by atoms with Crippen molar-refractivity contribution < 1.29 is 9.15 Å². The molecule has 1 aromatic carbocycles. The molecule has 2 aromatic rings. The fourth-order valence-corrected chi connectivity index (χ4v) is 2.18. The molecule has 0 fully saturated rings. The Hall–Kier alpha value is -1.26. The molecule has 1 aromatic heterocycles. The number of rotatable bonds is 7. The van der Waals surface area contributed by atoms with E-state index in [2.05, 4.69) is 34.2 Å². The van der Waals surface area contributed by atoms with Gasteiger partial charge in [-0.2, -0.15) is 0 Å². The van der Waals surface area contributed by atoms with Gasteiger partial charge < -0.3 is 14.5 Å². The Bertz CT molecular complexity index is 497. The summed E-state index contributed by atoms with van der Waals surface area (Å²) in [4.78, 5) is 0. The normalized spacial score (nSPS) is 10.6. The number of halogens is 1. The summed E-state index contributed by atoms with van der Waals surface area (Å²) >= 11 is 3.50. The molecule has 102 valence electrons. The van der Waals surface area contributed by atoms with E-state index >= 15 is 0 Å². The third-order valence-electron chi connectivity index (χ3n) is 2.71. The zero-order valence-electron chi connectivity index (χ0n) is 11.0. The third kappa shape index (κ3) is 4.40. The van der Waals surface area contributed by atoms with Crippen molar-refractivity contribution in [1.29, 1.82) is 0 Å². The SMILES string of the molecule is CCCOc1ccc(Br)cc1CNCc1ccoc1. The molecule has 0 aliphatic rings. The molecule has 3 nitrogen and oxygen atoms in total. The van der Waals surface area contributed by atoms with Crippen molar-refractivity contribution in [3.63, 3.8) is 0 Å². The van der Waals surface area contributed by atoms with Gasteiger partial charge in [-0.1, -0.05) is 22.9 Å². The lowest BCUT2D eigenvalue weighted by molar-refractivity contribution is 0.313. The number of ether oxygens (including phenoxy) is 1. The van der Waals surface area contributed by atoms with Gasteiger partial charge >= 0.3 is 0 Å². The summed E-state index contributed by atoms with van der Waals surface area (Å²) < 4.78 is 11.9. The molecule has 2 rings (SSSR count). The van der Waals surface area contributed by atoms with E-state index in [0.717, 1.165) is 47.5 Å². The maximum Gasteiger partial charge on any atom is 0.123 e. The lowest BCUT2D eigenvalue weighted by Gasteiger charge is -2.12. The van der Waals surface area contributed by atoms with E-state index in [1.165, 1.54) is 0 Å². The second kappa shape index (κ2) is 7.36. The van der Waals surface area contributed by atoms with Crippen molar-refractivity contribution in [2.24, 2.45) is 0 Å². The highest BCUT2D eigenvalue weighted by molar-refractivity contribution is 9.10. The summed E-state index contributed by atoms with van der Waals surface area (Å²) in [6.07, 6.45) is 4.45. The van der Waals surface area contributed by atoms with Gasteiger partial charge in [0.1, 0.15) is 5.75 Å². The summed E-state index contributed by atoms with van der Waals surface area (Å²) in [6.45, 7) is 4.41. The van der Waals surface area contributed by atoms with Crippen molar-refractivity contribution in [2.45, 2.75) is 26.4 Å². The molecular weight excluding hydrogens is 306 g/mol. The zero-order valence-corrected chi connectivity index (χ0v) is 12.6. The summed E-state index contributed by atoms with van der Waals surface area (Å²) in [5, 5.41) is 3.39. The molecule has 0 bridgehead atoms. The van der Waals surface area contributed by atoms with E-state index in [1.807, 2.05) is 18.2 Å². The van der Waals surface area contributed by atoms with E-state index in [0.29, 0.717) is 0 Å². The molecule has 0 unspecified atom stereocenters. The first-order valence-corrected chi connectivity index (χ1v) is 7.22. The monoisotopic (exact) mass is 323 g/mol. The molecular formula is C15H18BrNO2. The molecule has 19 heavy (non-hydrogen) atoms. The van der Waals surface area contributed by atoms with Gasteiger partial charge in [-0.15, -0.1) is 0 Å². The second-order valence-electron chi connectivity index (χ2n) is 4.34. The first kappa shape index (κ1) is 14.2. The van der Waals surface area contributed by atoms with Gasteiger partial charge in [-0.25, -0.2) is 0 Å². The highest BCUT2D eigenvalue weighted by Crippen LogP contribution is 2.23. The predicted molar refractivity (Wildman–Crippen MR) is 79.2 cm³/mol. The van der Waals surface area contributed by atoms with E-state index in [9.17, 15) is 0 Å². The fourth-order valence-electron chi connectivity index (χ4n) is 1.77. The van der Waals surface area contributed by atoms with Crippen LogP contribution in [0, 0.1) is 0 Å². The highest BCUT2D eigenvalue weighted by atomic mass is 79.9. The first-order valence-electron chi connectivity index (χ1n) is 6.42. The fraction of sp³-hybridized carbons (Fsp3) is 0.333. The Morgan fingerprint density at radius 1 is 1.26 bits per heavy atom. The molecule has 1 N–H and O–H groups in total. The molecule has 0 spiro atoms. The topological polar surface area (TPSA) is 34.4 Å². The Balaban J connectivity index is 1.95. The molecule has 1 heterocycles. The average molecular weight is 324 g/mol. The van der Waals surface area contributed by atoms with Crippen LogP contribution in [0.25, 0.3) is 0 Å².